The van der Waals surface area contributed by atoms with Crippen LogP contribution in [0.15, 0.2) is 54.9 Å². The summed E-state index contributed by atoms with van der Waals surface area (Å²) < 4.78 is 39.1. The number of pyridine rings is 1. The largest absolute Gasteiger partial charge is 0.481 e. The molecule has 4 aromatic rings. The Labute approximate surface area is 198 Å². The first kappa shape index (κ1) is 23.4. The van der Waals surface area contributed by atoms with E-state index in [1.807, 2.05) is 43.5 Å². The number of aryl methyl sites for hydroxylation is 1. The van der Waals surface area contributed by atoms with Crippen molar-refractivity contribution < 1.29 is 28.2 Å². The number of rotatable bonds is 9. The van der Waals surface area contributed by atoms with Crippen LogP contribution in [0, 0.1) is 0 Å². The lowest BCUT2D eigenvalue weighted by molar-refractivity contribution is -0.139. The SMILES string of the molecule is CCc1nc2c(Cl)ccc(OCC(=O)O)c2c(OC(F)F)c1Cc1ccc(-n2cccn2)cc1. The molecule has 7 nitrogen and oxygen atoms in total. The summed E-state index contributed by atoms with van der Waals surface area (Å²) in [7, 11) is 0. The third kappa shape index (κ3) is 4.94. The highest BCUT2D eigenvalue weighted by Crippen LogP contribution is 2.42. The lowest BCUT2D eigenvalue weighted by atomic mass is 9.98. The number of hydrogen-bond acceptors (Lipinski definition) is 5. The van der Waals surface area contributed by atoms with E-state index in [-0.39, 0.29) is 33.8 Å². The van der Waals surface area contributed by atoms with Crippen LogP contribution in [0.1, 0.15) is 23.7 Å². The Kier molecular flexibility index (Phi) is 6.93. The van der Waals surface area contributed by atoms with Crippen LogP contribution in [0.3, 0.4) is 0 Å². The maximum Gasteiger partial charge on any atom is 0.387 e. The molecular formula is C24H20ClF2N3O4. The van der Waals surface area contributed by atoms with Crippen LogP contribution in [0.4, 0.5) is 8.78 Å². The monoisotopic (exact) mass is 487 g/mol. The first-order valence-corrected chi connectivity index (χ1v) is 10.8. The van der Waals surface area contributed by atoms with Crippen LogP contribution in [-0.4, -0.2) is 39.1 Å². The zero-order valence-electron chi connectivity index (χ0n) is 18.0. The topological polar surface area (TPSA) is 86.5 Å². The number of hydrogen-bond donors (Lipinski definition) is 1. The highest BCUT2D eigenvalue weighted by molar-refractivity contribution is 6.35. The number of benzene rings is 2. The maximum atomic E-state index is 13.5. The van der Waals surface area contributed by atoms with Crippen LogP contribution in [0.25, 0.3) is 16.6 Å². The molecule has 4 rings (SSSR count). The van der Waals surface area contributed by atoms with E-state index in [1.165, 1.54) is 12.1 Å². The zero-order chi connectivity index (χ0) is 24.2. The number of alkyl halides is 2. The number of carbonyl (C=O) groups is 1. The molecular weight excluding hydrogens is 468 g/mol. The average molecular weight is 488 g/mol. The lowest BCUT2D eigenvalue weighted by Gasteiger charge is -2.19. The lowest BCUT2D eigenvalue weighted by Crippen LogP contribution is -2.12. The second-order valence-corrected chi connectivity index (χ2v) is 7.75. The molecule has 0 aliphatic carbocycles. The summed E-state index contributed by atoms with van der Waals surface area (Å²) in [6, 6.07) is 12.2. The van der Waals surface area contributed by atoms with Gasteiger partial charge in [0.25, 0.3) is 0 Å². The van der Waals surface area contributed by atoms with Crippen LogP contribution < -0.4 is 9.47 Å². The summed E-state index contributed by atoms with van der Waals surface area (Å²) >= 11 is 6.32. The van der Waals surface area contributed by atoms with Gasteiger partial charge < -0.3 is 14.6 Å². The highest BCUT2D eigenvalue weighted by atomic mass is 35.5. The molecule has 0 aliphatic heterocycles. The van der Waals surface area contributed by atoms with Crippen molar-refractivity contribution in [1.82, 2.24) is 14.8 Å². The second-order valence-electron chi connectivity index (χ2n) is 7.34. The number of aromatic nitrogens is 3. The van der Waals surface area contributed by atoms with Gasteiger partial charge in [0.15, 0.2) is 6.61 Å². The fourth-order valence-corrected chi connectivity index (χ4v) is 3.91. The number of carboxylic acids is 1. The Bertz CT molecular complexity index is 1310. The van der Waals surface area contributed by atoms with Crippen molar-refractivity contribution in [2.75, 3.05) is 6.61 Å². The summed E-state index contributed by atoms with van der Waals surface area (Å²) in [4.78, 5) is 15.6. The van der Waals surface area contributed by atoms with Gasteiger partial charge in [-0.3, -0.25) is 4.98 Å². The van der Waals surface area contributed by atoms with Crippen LogP contribution in [0.5, 0.6) is 11.5 Å². The molecule has 34 heavy (non-hydrogen) atoms. The fourth-order valence-electron chi connectivity index (χ4n) is 3.71. The molecule has 0 spiro atoms. The van der Waals surface area contributed by atoms with Crippen LogP contribution >= 0.6 is 11.6 Å². The molecule has 0 radical (unpaired) electrons. The van der Waals surface area contributed by atoms with Crippen molar-refractivity contribution in [3.63, 3.8) is 0 Å². The molecule has 0 saturated carbocycles. The molecule has 0 fully saturated rings. The molecule has 0 amide bonds. The van der Waals surface area contributed by atoms with Gasteiger partial charge in [-0.2, -0.15) is 13.9 Å². The first-order valence-electron chi connectivity index (χ1n) is 10.4. The van der Waals surface area contributed by atoms with E-state index in [1.54, 1.807) is 10.9 Å². The van der Waals surface area contributed by atoms with Gasteiger partial charge in [-0.15, -0.1) is 0 Å². The number of fused-ring (bicyclic) bond motifs is 1. The predicted octanol–water partition coefficient (Wildman–Crippen LogP) is 5.29. The molecule has 0 unspecified atom stereocenters. The molecule has 176 valence electrons. The van der Waals surface area contributed by atoms with E-state index in [9.17, 15) is 13.6 Å². The van der Waals surface area contributed by atoms with E-state index < -0.39 is 19.2 Å². The van der Waals surface area contributed by atoms with E-state index in [4.69, 9.17) is 26.2 Å². The standard InChI is InChI=1S/C24H20ClF2N3O4/c1-2-18-16(12-14-4-6-15(7-5-14)30-11-3-10-28-30)23(34-24(26)27)21-19(33-13-20(31)32)9-8-17(25)22(21)29-18/h3-11,24H,2,12-13H2,1H3,(H,31,32). The van der Waals surface area contributed by atoms with Gasteiger partial charge in [-0.05, 0) is 42.3 Å². The Morgan fingerprint density at radius 3 is 2.59 bits per heavy atom. The van der Waals surface area contributed by atoms with E-state index in [2.05, 4.69) is 10.1 Å². The minimum atomic E-state index is -3.12. The molecule has 0 bridgehead atoms. The van der Waals surface area contributed by atoms with Gasteiger partial charge in [0.1, 0.15) is 11.5 Å². The van der Waals surface area contributed by atoms with Crippen molar-refractivity contribution >= 4 is 28.5 Å². The van der Waals surface area contributed by atoms with Crippen LogP contribution in [-0.2, 0) is 17.6 Å². The second kappa shape index (κ2) is 10.0. The van der Waals surface area contributed by atoms with Gasteiger partial charge in [-0.1, -0.05) is 30.7 Å². The number of ether oxygens (including phenoxy) is 2. The van der Waals surface area contributed by atoms with Crippen molar-refractivity contribution in [2.24, 2.45) is 0 Å². The third-order valence-corrected chi connectivity index (χ3v) is 5.47. The molecule has 10 heteroatoms. The van der Waals surface area contributed by atoms with Gasteiger partial charge in [0.05, 0.1) is 21.6 Å². The van der Waals surface area contributed by atoms with E-state index >= 15 is 0 Å². The van der Waals surface area contributed by atoms with Gasteiger partial charge in [0, 0.05) is 30.1 Å². The normalized spacial score (nSPS) is 11.2. The van der Waals surface area contributed by atoms with Crippen molar-refractivity contribution in [3.8, 4) is 17.2 Å². The maximum absolute atomic E-state index is 13.5. The number of aliphatic carboxylic acids is 1. The molecule has 1 N–H and O–H groups in total. The number of nitrogens with zero attached hydrogens (tertiary/aromatic N) is 3. The summed E-state index contributed by atoms with van der Waals surface area (Å²) in [5.41, 5.74) is 2.87. The Hall–Kier alpha value is -3.72. The van der Waals surface area contributed by atoms with Crippen molar-refractivity contribution in [2.45, 2.75) is 26.4 Å². The van der Waals surface area contributed by atoms with Crippen molar-refractivity contribution in [3.05, 3.63) is 76.7 Å². The third-order valence-electron chi connectivity index (χ3n) is 5.17. The van der Waals surface area contributed by atoms with E-state index in [0.29, 0.717) is 17.7 Å². The Balaban J connectivity index is 1.85. The van der Waals surface area contributed by atoms with Gasteiger partial charge >= 0.3 is 12.6 Å². The summed E-state index contributed by atoms with van der Waals surface area (Å²) in [5.74, 6) is -1.30. The molecule has 0 aliphatic rings. The molecule has 2 aromatic heterocycles. The van der Waals surface area contributed by atoms with Gasteiger partial charge in [-0.25, -0.2) is 9.48 Å². The molecule has 2 aromatic carbocycles. The zero-order valence-corrected chi connectivity index (χ0v) is 18.8. The first-order chi connectivity index (χ1) is 16.4. The summed E-state index contributed by atoms with van der Waals surface area (Å²) in [5, 5.41) is 13.5. The minimum Gasteiger partial charge on any atom is -0.481 e. The highest BCUT2D eigenvalue weighted by Gasteiger charge is 2.24. The number of halogens is 3. The quantitative estimate of drug-likeness (QED) is 0.345. The van der Waals surface area contributed by atoms with E-state index in [0.717, 1.165) is 11.3 Å². The molecule has 2 heterocycles. The molecule has 0 saturated heterocycles. The summed E-state index contributed by atoms with van der Waals surface area (Å²) in [6.07, 6.45) is 4.17. The minimum absolute atomic E-state index is 0.0443. The van der Waals surface area contributed by atoms with Crippen LogP contribution in [0.2, 0.25) is 5.02 Å². The molecule has 0 atom stereocenters. The average Bonchev–Trinajstić information content (AvgIpc) is 3.35. The number of carboxylic acid groups (broad SMARTS) is 1. The Morgan fingerprint density at radius 2 is 1.97 bits per heavy atom. The summed E-state index contributed by atoms with van der Waals surface area (Å²) in [6.45, 7) is -1.93. The Morgan fingerprint density at radius 1 is 1.21 bits per heavy atom. The predicted molar refractivity (Wildman–Crippen MR) is 122 cm³/mol. The van der Waals surface area contributed by atoms with Crippen molar-refractivity contribution in [1.29, 1.82) is 0 Å². The van der Waals surface area contributed by atoms with Gasteiger partial charge in [0.2, 0.25) is 0 Å². The smallest absolute Gasteiger partial charge is 0.387 e. The fraction of sp³-hybridized carbons (Fsp3) is 0.208.